The molecule has 11 rings (SSSR count). The molecule has 0 bridgehead atoms. The van der Waals surface area contributed by atoms with Crippen molar-refractivity contribution in [1.29, 1.82) is 5.41 Å². The number of nitrogens with zero attached hydrogens (tertiary/aromatic N) is 5. The van der Waals surface area contributed by atoms with Gasteiger partial charge in [-0.05, 0) is 71.7 Å². The van der Waals surface area contributed by atoms with Crippen LogP contribution in [0.25, 0.3) is 39.1 Å². The highest BCUT2D eigenvalue weighted by atomic mass is 32.1. The zero-order valence-electron chi connectivity index (χ0n) is 50.4. The van der Waals surface area contributed by atoms with Crippen LogP contribution in [0, 0.1) is 17.2 Å². The highest BCUT2D eigenvalue weighted by molar-refractivity contribution is 7.13. The molecule has 0 fully saturated rings. The molecule has 24 nitrogen and oxygen atoms in total. The lowest BCUT2D eigenvalue weighted by atomic mass is 9.74. The fraction of sp³-hybridized carbons (Fsp3) is 0.284. The number of benzene rings is 5. The number of fused-ring (bicyclic) bond motifs is 8. The second-order valence-electron chi connectivity index (χ2n) is 22.3. The summed E-state index contributed by atoms with van der Waals surface area (Å²) in [4.78, 5) is 88.8. The number of hydrogen-bond acceptors (Lipinski definition) is 17. The molecule has 0 saturated carbocycles. The number of anilines is 3. The Hall–Kier alpha value is -10.2. The van der Waals surface area contributed by atoms with Gasteiger partial charge in [0.2, 0.25) is 17.7 Å². The number of amides is 5. The van der Waals surface area contributed by atoms with E-state index < -0.39 is 29.7 Å². The molecule has 8 aromatic rings. The van der Waals surface area contributed by atoms with Gasteiger partial charge in [-0.3, -0.25) is 24.0 Å². The molecule has 9 N–H and O–H groups in total. The molecule has 1 aliphatic carbocycles. The third-order valence-corrected chi connectivity index (χ3v) is 16.4. The Labute approximate surface area is 532 Å². The van der Waals surface area contributed by atoms with Crippen LogP contribution in [0.1, 0.15) is 80.5 Å². The topological polar surface area (TPSA) is 329 Å². The molecule has 3 aliphatic rings. The second kappa shape index (κ2) is 29.2. The molecule has 5 aromatic carbocycles. The Kier molecular flexibility index (Phi) is 20.1. The Morgan fingerprint density at radius 1 is 0.804 bits per heavy atom. The predicted molar refractivity (Wildman–Crippen MR) is 345 cm³/mol. The highest BCUT2D eigenvalue weighted by Gasteiger charge is 2.39. The van der Waals surface area contributed by atoms with E-state index in [1.54, 1.807) is 63.6 Å². The lowest BCUT2D eigenvalue weighted by Gasteiger charge is -2.36. The Morgan fingerprint density at radius 3 is 2.30 bits per heavy atom. The van der Waals surface area contributed by atoms with Crippen molar-refractivity contribution in [3.63, 3.8) is 0 Å². The fourth-order valence-electron chi connectivity index (χ4n) is 11.3. The number of carboxylic acid groups (broad SMARTS) is 1. The number of para-hydroxylation sites is 1. The standard InChI is InChI=1S/C67H68N12O12S/c1-39(2)60(65(84)75-67-72-23-32-92-67)74-64(83)53-35-42-33-45(14-18-52(42)73-53)79-62-48-9-5-6-10-54(48)78(38-41-7-3-4-8-46(41)61(62)76-77-79)58(81)19-21-70-57(80)20-24-87-26-28-89-30-31-90-29-27-88-25-22-71-63(82)40-11-15-47(51(34-40)66(85)86)59-49-16-12-43(68)36-55(49)91-56-37-44(69)13-17-50(56)59/h3-18,23,32-37,39,49,59-60,68,73H,19-22,24-31,38,69H2,1-2H3,(H,70,80)(H,71,82)(H,74,83)(H,85,86)(H,72,75,84)/t49?,59?,60-/m0/s1. The molecule has 0 saturated heterocycles. The van der Waals surface area contributed by atoms with Crippen molar-refractivity contribution in [1.82, 2.24) is 40.9 Å². The molecule has 3 atom stereocenters. The molecule has 92 heavy (non-hydrogen) atoms. The average molecular weight is 1270 g/mol. The monoisotopic (exact) mass is 1260 g/mol. The lowest BCUT2D eigenvalue weighted by Crippen LogP contribution is -2.47. The zero-order chi connectivity index (χ0) is 64.3. The molecule has 0 radical (unpaired) electrons. The molecule has 2 unspecified atom stereocenters. The maximum absolute atomic E-state index is 14.3. The van der Waals surface area contributed by atoms with Gasteiger partial charge in [0, 0.05) is 100 Å². The summed E-state index contributed by atoms with van der Waals surface area (Å²) in [5, 5.41) is 42.0. The average Bonchev–Trinajstić information content (AvgIpc) is 1.19. The summed E-state index contributed by atoms with van der Waals surface area (Å²) in [5.41, 5.74) is 14.1. The minimum Gasteiger partial charge on any atom is -0.478 e. The van der Waals surface area contributed by atoms with E-state index >= 15 is 0 Å². The smallest absolute Gasteiger partial charge is 0.336 e. The number of carbonyl (C=O) groups is 6. The van der Waals surface area contributed by atoms with Crippen LogP contribution in [-0.4, -0.2) is 143 Å². The van der Waals surface area contributed by atoms with Crippen LogP contribution < -0.4 is 36.6 Å². The van der Waals surface area contributed by atoms with Crippen molar-refractivity contribution < 1.29 is 57.6 Å². The van der Waals surface area contributed by atoms with Gasteiger partial charge in [-0.2, -0.15) is 0 Å². The lowest BCUT2D eigenvalue weighted by molar-refractivity contribution is -0.123. The number of aromatic carboxylic acids is 1. The molecular weight excluding hydrogens is 1200 g/mol. The molecular formula is C67H68N12O12S. The van der Waals surface area contributed by atoms with Gasteiger partial charge >= 0.3 is 5.97 Å². The maximum atomic E-state index is 14.3. The first-order valence-electron chi connectivity index (χ1n) is 30.1. The van der Waals surface area contributed by atoms with Gasteiger partial charge in [-0.25, -0.2) is 14.5 Å². The summed E-state index contributed by atoms with van der Waals surface area (Å²) in [5.74, 6) is -2.96. The van der Waals surface area contributed by atoms with E-state index in [0.717, 1.165) is 22.1 Å². The number of aromatic nitrogens is 5. The molecule has 5 heterocycles. The molecule has 3 aromatic heterocycles. The van der Waals surface area contributed by atoms with E-state index in [1.807, 2.05) is 92.7 Å². The molecule has 5 amide bonds. The number of nitrogens with one attached hydrogen (secondary N) is 6. The molecule has 474 valence electrons. The number of thiazole rings is 1. The van der Waals surface area contributed by atoms with Crippen LogP contribution in [0.3, 0.4) is 0 Å². The minimum absolute atomic E-state index is 0.0237. The fourth-order valence-corrected chi connectivity index (χ4v) is 11.8. The molecule has 25 heteroatoms. The van der Waals surface area contributed by atoms with Crippen LogP contribution in [0.4, 0.5) is 16.5 Å². The third kappa shape index (κ3) is 14.7. The number of ether oxygens (including phenoxy) is 5. The third-order valence-electron chi connectivity index (χ3n) is 15.7. The van der Waals surface area contributed by atoms with Gasteiger partial charge in [-0.1, -0.05) is 79.7 Å². The number of aromatic amines is 1. The zero-order valence-corrected chi connectivity index (χ0v) is 51.3. The van der Waals surface area contributed by atoms with Crippen molar-refractivity contribution in [2.45, 2.75) is 45.2 Å². The Balaban J connectivity index is 0.587. The largest absolute Gasteiger partial charge is 0.478 e. The van der Waals surface area contributed by atoms with Gasteiger partial charge in [0.15, 0.2) is 5.13 Å². The number of H-pyrrole nitrogens is 1. The van der Waals surface area contributed by atoms with E-state index in [9.17, 15) is 33.9 Å². The minimum atomic E-state index is -1.19. The van der Waals surface area contributed by atoms with Gasteiger partial charge in [0.1, 0.15) is 34.6 Å². The number of nitrogen functional groups attached to an aromatic ring is 1. The molecule has 0 spiro atoms. The number of nitrogens with two attached hydrogens (primary N) is 1. The quantitative estimate of drug-likeness (QED) is 0.0178. The van der Waals surface area contributed by atoms with E-state index in [-0.39, 0.29) is 118 Å². The summed E-state index contributed by atoms with van der Waals surface area (Å²) >= 11 is 1.29. The van der Waals surface area contributed by atoms with Crippen LogP contribution in [0.15, 0.2) is 145 Å². The van der Waals surface area contributed by atoms with Crippen LogP contribution in [0.5, 0.6) is 5.75 Å². The summed E-state index contributed by atoms with van der Waals surface area (Å²) in [6, 6.07) is 31.7. The van der Waals surface area contributed by atoms with Crippen molar-refractivity contribution in [3.8, 4) is 34.0 Å². The van der Waals surface area contributed by atoms with E-state index in [2.05, 4.69) is 36.4 Å². The Morgan fingerprint density at radius 2 is 1.54 bits per heavy atom. The first-order chi connectivity index (χ1) is 44.7. The normalized spacial score (nSPS) is 14.9. The SMILES string of the molecule is CC(C)[C@H](NC(=O)c1cc2cc(-n3nnc4c3-c3ccccc3N(C(=O)CCNC(=O)CCOCCOCCOCCOCCNC(=O)c3ccc(C5c6ccc(N)cc6OC6=CC(=N)C=CC65)c(C(=O)O)c3)Cc3ccccc3-4)ccc2[nH]1)C(=O)Nc1nccs1. The summed E-state index contributed by atoms with van der Waals surface area (Å²) in [7, 11) is 0. The van der Waals surface area contributed by atoms with Crippen LogP contribution >= 0.6 is 11.3 Å². The summed E-state index contributed by atoms with van der Waals surface area (Å²) < 4.78 is 30.3. The van der Waals surface area contributed by atoms with Gasteiger partial charge in [0.25, 0.3) is 11.8 Å². The van der Waals surface area contributed by atoms with Gasteiger partial charge in [0.05, 0.1) is 82.0 Å². The van der Waals surface area contributed by atoms with Crippen molar-refractivity contribution in [2.75, 3.05) is 81.9 Å². The molecule has 2 aliphatic heterocycles. The Bertz CT molecular complexity index is 4140. The number of rotatable bonds is 27. The van der Waals surface area contributed by atoms with Crippen molar-refractivity contribution in [3.05, 3.63) is 178 Å². The first kappa shape index (κ1) is 63.4. The predicted octanol–water partition coefficient (Wildman–Crippen LogP) is 8.07. The van der Waals surface area contributed by atoms with Crippen molar-refractivity contribution in [2.24, 2.45) is 11.8 Å². The van der Waals surface area contributed by atoms with Gasteiger partial charge in [-0.15, -0.1) is 16.4 Å². The number of carbonyl (C=O) groups excluding carboxylic acids is 5. The highest BCUT2D eigenvalue weighted by Crippen LogP contribution is 2.49. The van der Waals surface area contributed by atoms with Crippen molar-refractivity contribution >= 4 is 80.0 Å². The van der Waals surface area contributed by atoms with Crippen LogP contribution in [0.2, 0.25) is 0 Å². The van der Waals surface area contributed by atoms with Crippen LogP contribution in [-0.2, 0) is 39.9 Å². The summed E-state index contributed by atoms with van der Waals surface area (Å²) in [6.07, 6.45) is 6.80. The summed E-state index contributed by atoms with van der Waals surface area (Å²) in [6.45, 7) is 6.32. The number of carboxylic acids is 1. The number of hydrogen-bond donors (Lipinski definition) is 8. The van der Waals surface area contributed by atoms with E-state index in [0.29, 0.717) is 81.6 Å². The maximum Gasteiger partial charge on any atom is 0.336 e. The van der Waals surface area contributed by atoms with E-state index in [1.165, 1.54) is 17.4 Å². The van der Waals surface area contributed by atoms with E-state index in [4.69, 9.17) is 39.9 Å². The first-order valence-corrected chi connectivity index (χ1v) is 30.9. The second-order valence-corrected chi connectivity index (χ2v) is 23.1. The van der Waals surface area contributed by atoms with Gasteiger partial charge < -0.3 is 71.1 Å². The number of allylic oxidation sites excluding steroid dienone is 3.